The normalized spacial score (nSPS) is 23.0. The number of rotatable bonds is 8. The molecule has 4 aromatic rings. The number of aromatic nitrogens is 4. The number of hydrogen-bond acceptors (Lipinski definition) is 7. The first-order valence-electron chi connectivity index (χ1n) is 16.8. The lowest BCUT2D eigenvalue weighted by atomic mass is 9.97. The second-order valence-electron chi connectivity index (χ2n) is 14.0. The Morgan fingerprint density at radius 1 is 1.09 bits per heavy atom. The molecule has 0 unspecified atom stereocenters. The fourth-order valence-electron chi connectivity index (χ4n) is 7.92. The Kier molecular flexibility index (Phi) is 7.05. The molecule has 3 amide bonds. The highest BCUT2D eigenvalue weighted by atomic mass is 16.5. The predicted octanol–water partition coefficient (Wildman–Crippen LogP) is 3.44. The van der Waals surface area contributed by atoms with Crippen LogP contribution in [-0.4, -0.2) is 84.8 Å². The molecule has 4 atom stereocenters. The van der Waals surface area contributed by atoms with Gasteiger partial charge in [-0.05, 0) is 76.1 Å². The molecule has 0 aromatic carbocycles. The van der Waals surface area contributed by atoms with Gasteiger partial charge in [-0.1, -0.05) is 0 Å². The fraction of sp³-hybridized carbons (Fsp3) is 0.514. The number of aryl methyl sites for hydroxylation is 1. The van der Waals surface area contributed by atoms with Gasteiger partial charge in [-0.15, -0.1) is 0 Å². The minimum Gasteiger partial charge on any atom is -0.482 e. The molecule has 3 saturated heterocycles. The maximum absolute atomic E-state index is 13.8. The number of hydrogen-bond donors (Lipinski definition) is 2. The van der Waals surface area contributed by atoms with Crippen LogP contribution in [0.15, 0.2) is 30.3 Å². The van der Waals surface area contributed by atoms with E-state index in [2.05, 4.69) is 22.0 Å². The Morgan fingerprint density at radius 3 is 2.53 bits per heavy atom. The molecule has 8 rings (SSSR count). The van der Waals surface area contributed by atoms with E-state index in [0.29, 0.717) is 36.1 Å². The van der Waals surface area contributed by atoms with E-state index in [9.17, 15) is 14.4 Å². The molecule has 12 heteroatoms. The summed E-state index contributed by atoms with van der Waals surface area (Å²) in [5.41, 5.74) is 11.9. The standard InChI is InChI=1S/C35H42N8O4/c1-18(37-34(45)24-16-40(17-24)20(3)44)27-9-7-22-11-29(41(33(22)38-27)15-21-5-6-21)32-19(2)42-30(39-32)12-23(13-31(42)47-4)35(46)43-25-8-10-28(43)26(36)14-25/h7,9,11-13,18,21,24-26,28H,5-6,8,10,14-17,36H2,1-4H3,(H,37,45)/t18-,25+,26-,28-/m1/s1. The Morgan fingerprint density at radius 2 is 1.87 bits per heavy atom. The van der Waals surface area contributed by atoms with Gasteiger partial charge in [0, 0.05) is 61.7 Å². The summed E-state index contributed by atoms with van der Waals surface area (Å²) in [4.78, 5) is 52.1. The van der Waals surface area contributed by atoms with Gasteiger partial charge >= 0.3 is 0 Å². The molecule has 1 saturated carbocycles. The molecule has 246 valence electrons. The largest absolute Gasteiger partial charge is 0.482 e. The summed E-state index contributed by atoms with van der Waals surface area (Å²) in [6.07, 6.45) is 5.17. The van der Waals surface area contributed by atoms with E-state index in [0.717, 1.165) is 59.6 Å². The Hall–Kier alpha value is -4.45. The van der Waals surface area contributed by atoms with Gasteiger partial charge in [-0.2, -0.15) is 0 Å². The van der Waals surface area contributed by atoms with Crippen LogP contribution in [0, 0.1) is 18.8 Å². The molecule has 4 aromatic heterocycles. The van der Waals surface area contributed by atoms with Crippen LogP contribution >= 0.6 is 0 Å². The van der Waals surface area contributed by atoms with Crippen molar-refractivity contribution in [2.75, 3.05) is 20.2 Å². The van der Waals surface area contributed by atoms with Crippen LogP contribution in [-0.2, 0) is 16.1 Å². The van der Waals surface area contributed by atoms with Gasteiger partial charge in [-0.3, -0.25) is 18.8 Å². The van der Waals surface area contributed by atoms with Gasteiger partial charge < -0.3 is 30.2 Å². The summed E-state index contributed by atoms with van der Waals surface area (Å²) in [5, 5.41) is 4.10. The number of carbonyl (C=O) groups excluding carboxylic acids is 3. The average molecular weight is 639 g/mol. The Labute approximate surface area is 273 Å². The highest BCUT2D eigenvalue weighted by molar-refractivity contribution is 5.97. The molecule has 12 nitrogen and oxygen atoms in total. The number of amides is 3. The molecule has 7 heterocycles. The van der Waals surface area contributed by atoms with Crippen LogP contribution in [0.5, 0.6) is 5.88 Å². The zero-order valence-electron chi connectivity index (χ0n) is 27.4. The van der Waals surface area contributed by atoms with Crippen molar-refractivity contribution in [3.63, 3.8) is 0 Å². The molecule has 1 aliphatic carbocycles. The number of nitrogens with one attached hydrogen (secondary N) is 1. The van der Waals surface area contributed by atoms with Gasteiger partial charge in [-0.25, -0.2) is 9.97 Å². The third-order valence-electron chi connectivity index (χ3n) is 10.8. The van der Waals surface area contributed by atoms with Gasteiger partial charge in [0.25, 0.3) is 5.91 Å². The summed E-state index contributed by atoms with van der Waals surface area (Å²) in [6, 6.07) is 9.90. The first kappa shape index (κ1) is 29.9. The minimum absolute atomic E-state index is 0.00587. The summed E-state index contributed by atoms with van der Waals surface area (Å²) in [5.74, 6) is 0.873. The summed E-state index contributed by atoms with van der Waals surface area (Å²) in [7, 11) is 1.62. The number of likely N-dealkylation sites (tertiary alicyclic amines) is 1. The predicted molar refractivity (Wildman–Crippen MR) is 176 cm³/mol. The van der Waals surface area contributed by atoms with E-state index < -0.39 is 0 Å². The molecule has 4 fully saturated rings. The SMILES string of the molecule is COc1cc(C(=O)N2[C@H]3CC[C@@H]2[C@H](N)C3)cc2nc(-c3cc4ccc([C@@H](C)NC(=O)C5CN(C(C)=O)C5)nc4n3CC3CC3)c(C)n12. The van der Waals surface area contributed by atoms with E-state index in [-0.39, 0.29) is 47.8 Å². The zero-order valence-corrected chi connectivity index (χ0v) is 27.4. The van der Waals surface area contributed by atoms with Crippen LogP contribution in [0.2, 0.25) is 0 Å². The number of nitrogens with zero attached hydrogens (tertiary/aromatic N) is 6. The van der Waals surface area contributed by atoms with Crippen molar-refractivity contribution in [2.45, 2.75) is 83.6 Å². The molecule has 0 spiro atoms. The lowest BCUT2D eigenvalue weighted by Crippen LogP contribution is -2.55. The van der Waals surface area contributed by atoms with Crippen LogP contribution < -0.4 is 15.8 Å². The molecule has 0 radical (unpaired) electrons. The number of ether oxygens (including phenoxy) is 1. The Balaban J connectivity index is 1.14. The minimum atomic E-state index is -0.288. The summed E-state index contributed by atoms with van der Waals surface area (Å²) < 4.78 is 10.1. The zero-order chi connectivity index (χ0) is 32.7. The number of pyridine rings is 2. The van der Waals surface area contributed by atoms with E-state index in [4.69, 9.17) is 20.4 Å². The van der Waals surface area contributed by atoms with Crippen molar-refractivity contribution in [2.24, 2.45) is 17.6 Å². The Bertz CT molecular complexity index is 1940. The second-order valence-corrected chi connectivity index (χ2v) is 14.0. The molecule has 3 aliphatic heterocycles. The first-order chi connectivity index (χ1) is 22.6. The quantitative estimate of drug-likeness (QED) is 0.301. The first-order valence-corrected chi connectivity index (χ1v) is 16.8. The summed E-state index contributed by atoms with van der Waals surface area (Å²) >= 11 is 0. The van der Waals surface area contributed by atoms with Gasteiger partial charge in [0.1, 0.15) is 17.0 Å². The molecular formula is C35H42N8O4. The fourth-order valence-corrected chi connectivity index (χ4v) is 7.92. The highest BCUT2D eigenvalue weighted by Gasteiger charge is 2.47. The molecule has 47 heavy (non-hydrogen) atoms. The number of imidazole rings is 1. The molecule has 2 bridgehead atoms. The van der Waals surface area contributed by atoms with Crippen LogP contribution in [0.3, 0.4) is 0 Å². The molecule has 4 aliphatic rings. The highest BCUT2D eigenvalue weighted by Crippen LogP contribution is 2.40. The van der Waals surface area contributed by atoms with Crippen molar-refractivity contribution >= 4 is 34.4 Å². The van der Waals surface area contributed by atoms with E-state index in [1.807, 2.05) is 41.3 Å². The van der Waals surface area contributed by atoms with Crippen molar-refractivity contribution in [3.8, 4) is 17.3 Å². The van der Waals surface area contributed by atoms with Gasteiger partial charge in [0.05, 0.1) is 36.2 Å². The molecule has 3 N–H and O–H groups in total. The van der Waals surface area contributed by atoms with Crippen LogP contribution in [0.25, 0.3) is 28.1 Å². The van der Waals surface area contributed by atoms with Crippen molar-refractivity contribution in [3.05, 3.63) is 47.3 Å². The summed E-state index contributed by atoms with van der Waals surface area (Å²) in [6.45, 7) is 7.24. The van der Waals surface area contributed by atoms with E-state index in [1.54, 1.807) is 12.0 Å². The van der Waals surface area contributed by atoms with Crippen molar-refractivity contribution < 1.29 is 19.1 Å². The lowest BCUT2D eigenvalue weighted by Gasteiger charge is -2.37. The van der Waals surface area contributed by atoms with Crippen molar-refractivity contribution in [1.82, 2.24) is 34.1 Å². The molecular weight excluding hydrogens is 596 g/mol. The monoisotopic (exact) mass is 638 g/mol. The number of fused-ring (bicyclic) bond motifs is 4. The third-order valence-corrected chi connectivity index (χ3v) is 10.8. The van der Waals surface area contributed by atoms with Crippen LogP contribution in [0.1, 0.15) is 73.7 Å². The van der Waals surface area contributed by atoms with Gasteiger partial charge in [0.2, 0.25) is 11.8 Å². The van der Waals surface area contributed by atoms with Gasteiger partial charge in [0.15, 0.2) is 5.88 Å². The number of carbonyl (C=O) groups is 3. The third kappa shape index (κ3) is 4.95. The number of methoxy groups -OCH3 is 1. The van der Waals surface area contributed by atoms with E-state index in [1.165, 1.54) is 19.8 Å². The van der Waals surface area contributed by atoms with Crippen molar-refractivity contribution in [1.29, 1.82) is 0 Å². The lowest BCUT2D eigenvalue weighted by molar-refractivity contribution is -0.141. The topological polar surface area (TPSA) is 140 Å². The maximum atomic E-state index is 13.8. The van der Waals surface area contributed by atoms with Crippen LogP contribution in [0.4, 0.5) is 0 Å². The van der Waals surface area contributed by atoms with E-state index >= 15 is 0 Å². The maximum Gasteiger partial charge on any atom is 0.254 e. The number of nitrogens with two attached hydrogens (primary N) is 1. The smallest absolute Gasteiger partial charge is 0.254 e. The second kappa shape index (κ2) is 11.1. The average Bonchev–Trinajstić information content (AvgIpc) is 3.34.